The summed E-state index contributed by atoms with van der Waals surface area (Å²) in [7, 11) is 0. The first-order valence-electron chi connectivity index (χ1n) is 5.81. The van der Waals surface area contributed by atoms with E-state index in [4.69, 9.17) is 5.73 Å². The van der Waals surface area contributed by atoms with Crippen LogP contribution in [0.1, 0.15) is 5.56 Å². The van der Waals surface area contributed by atoms with Gasteiger partial charge < -0.3 is 26.2 Å². The van der Waals surface area contributed by atoms with Gasteiger partial charge in [0.2, 0.25) is 0 Å². The summed E-state index contributed by atoms with van der Waals surface area (Å²) in [4.78, 5) is 13.2. The summed E-state index contributed by atoms with van der Waals surface area (Å²) in [5.41, 5.74) is 7.13. The number of likely N-dealkylation sites (tertiary alicyclic amines) is 1. The number of nitrogens with one attached hydrogen (secondary N) is 1. The van der Waals surface area contributed by atoms with Gasteiger partial charge in [0.05, 0.1) is 25.3 Å². The average molecular weight is 251 g/mol. The fraction of sp³-hybridized carbons (Fsp3) is 0.417. The molecule has 0 aromatic heterocycles. The van der Waals surface area contributed by atoms with E-state index < -0.39 is 12.2 Å². The Kier molecular flexibility index (Phi) is 3.81. The zero-order valence-corrected chi connectivity index (χ0v) is 9.91. The molecule has 0 radical (unpaired) electrons. The molecule has 6 nitrogen and oxygen atoms in total. The molecule has 2 atom stereocenters. The predicted molar refractivity (Wildman–Crippen MR) is 66.9 cm³/mol. The number of hydrogen-bond donors (Lipinski definition) is 4. The molecule has 5 N–H and O–H groups in total. The van der Waals surface area contributed by atoms with Crippen LogP contribution in [0.3, 0.4) is 0 Å². The van der Waals surface area contributed by atoms with E-state index in [-0.39, 0.29) is 19.1 Å². The second-order valence-corrected chi connectivity index (χ2v) is 4.37. The Morgan fingerprint density at radius 3 is 2.33 bits per heavy atom. The zero-order valence-electron chi connectivity index (χ0n) is 9.91. The highest BCUT2D eigenvalue weighted by atomic mass is 16.3. The van der Waals surface area contributed by atoms with Crippen molar-refractivity contribution in [3.63, 3.8) is 0 Å². The number of rotatable bonds is 2. The summed E-state index contributed by atoms with van der Waals surface area (Å²) in [6.45, 7) is 0.750. The van der Waals surface area contributed by atoms with Crippen molar-refractivity contribution in [3.05, 3.63) is 29.8 Å². The van der Waals surface area contributed by atoms with Crippen LogP contribution in [0.15, 0.2) is 24.3 Å². The van der Waals surface area contributed by atoms with Gasteiger partial charge in [-0.15, -0.1) is 0 Å². The first-order valence-corrected chi connectivity index (χ1v) is 5.81. The van der Waals surface area contributed by atoms with Gasteiger partial charge in [0, 0.05) is 12.2 Å². The Morgan fingerprint density at radius 1 is 1.28 bits per heavy atom. The maximum atomic E-state index is 11.8. The number of β-amino-alcohol motifs (C(OH)–C–C–N with tert-alkyl or cyclic N) is 2. The van der Waals surface area contributed by atoms with E-state index in [0.717, 1.165) is 5.56 Å². The number of nitrogens with zero attached hydrogens (tertiary/aromatic N) is 1. The monoisotopic (exact) mass is 251 g/mol. The SMILES string of the molecule is NCc1ccc(NC(=O)N2CC(O)C(O)C2)cc1. The van der Waals surface area contributed by atoms with Crippen molar-refractivity contribution in [2.24, 2.45) is 5.73 Å². The van der Waals surface area contributed by atoms with E-state index in [0.29, 0.717) is 12.2 Å². The van der Waals surface area contributed by atoms with E-state index in [1.807, 2.05) is 12.1 Å². The number of aliphatic hydroxyl groups is 2. The molecule has 1 saturated heterocycles. The number of nitrogens with two attached hydrogens (primary N) is 1. The molecule has 1 aromatic rings. The number of carbonyl (C=O) groups is 1. The van der Waals surface area contributed by atoms with Gasteiger partial charge in [-0.2, -0.15) is 0 Å². The molecule has 1 fully saturated rings. The van der Waals surface area contributed by atoms with Crippen molar-refractivity contribution in [1.82, 2.24) is 4.90 Å². The first kappa shape index (κ1) is 12.8. The maximum absolute atomic E-state index is 11.8. The molecule has 1 heterocycles. The van der Waals surface area contributed by atoms with E-state index in [1.54, 1.807) is 12.1 Å². The lowest BCUT2D eigenvalue weighted by atomic mass is 10.2. The minimum atomic E-state index is -0.865. The molecule has 6 heteroatoms. The highest BCUT2D eigenvalue weighted by Crippen LogP contribution is 2.14. The van der Waals surface area contributed by atoms with Gasteiger partial charge in [-0.05, 0) is 17.7 Å². The van der Waals surface area contributed by atoms with Crippen molar-refractivity contribution >= 4 is 11.7 Å². The molecular formula is C12H17N3O3. The molecule has 2 amide bonds. The lowest BCUT2D eigenvalue weighted by Gasteiger charge is -2.16. The van der Waals surface area contributed by atoms with Crippen molar-refractivity contribution < 1.29 is 15.0 Å². The maximum Gasteiger partial charge on any atom is 0.322 e. The van der Waals surface area contributed by atoms with Crippen LogP contribution in [0, 0.1) is 0 Å². The minimum absolute atomic E-state index is 0.147. The van der Waals surface area contributed by atoms with Crippen LogP contribution in [0.25, 0.3) is 0 Å². The molecule has 2 unspecified atom stereocenters. The van der Waals surface area contributed by atoms with E-state index in [1.165, 1.54) is 4.90 Å². The van der Waals surface area contributed by atoms with Crippen LogP contribution in [-0.4, -0.2) is 46.4 Å². The summed E-state index contributed by atoms with van der Waals surface area (Å²) < 4.78 is 0. The lowest BCUT2D eigenvalue weighted by Crippen LogP contribution is -2.33. The van der Waals surface area contributed by atoms with Crippen LogP contribution in [0.2, 0.25) is 0 Å². The Balaban J connectivity index is 1.94. The summed E-state index contributed by atoms with van der Waals surface area (Å²) in [6.07, 6.45) is -1.73. The van der Waals surface area contributed by atoms with Crippen molar-refractivity contribution in [1.29, 1.82) is 0 Å². The van der Waals surface area contributed by atoms with Gasteiger partial charge >= 0.3 is 6.03 Å². The summed E-state index contributed by atoms with van der Waals surface area (Å²) >= 11 is 0. The molecular weight excluding hydrogens is 234 g/mol. The lowest BCUT2D eigenvalue weighted by molar-refractivity contribution is 0.0572. The van der Waals surface area contributed by atoms with Crippen LogP contribution in [0.5, 0.6) is 0 Å². The molecule has 18 heavy (non-hydrogen) atoms. The van der Waals surface area contributed by atoms with Gasteiger partial charge in [-0.3, -0.25) is 0 Å². The van der Waals surface area contributed by atoms with Gasteiger partial charge in [-0.1, -0.05) is 12.1 Å². The third-order valence-electron chi connectivity index (χ3n) is 2.99. The van der Waals surface area contributed by atoms with Gasteiger partial charge in [0.15, 0.2) is 0 Å². The number of aliphatic hydroxyl groups excluding tert-OH is 2. The van der Waals surface area contributed by atoms with Crippen molar-refractivity contribution in [2.45, 2.75) is 18.8 Å². The highest BCUT2D eigenvalue weighted by Gasteiger charge is 2.32. The predicted octanol–water partition coefficient (Wildman–Crippen LogP) is -0.285. The Labute approximate surface area is 105 Å². The van der Waals surface area contributed by atoms with E-state index >= 15 is 0 Å². The Hall–Kier alpha value is -1.63. The van der Waals surface area contributed by atoms with Crippen LogP contribution < -0.4 is 11.1 Å². The van der Waals surface area contributed by atoms with Gasteiger partial charge in [0.1, 0.15) is 0 Å². The minimum Gasteiger partial charge on any atom is -0.388 e. The Bertz CT molecular complexity index is 411. The second-order valence-electron chi connectivity index (χ2n) is 4.37. The highest BCUT2D eigenvalue weighted by molar-refractivity contribution is 5.89. The third kappa shape index (κ3) is 2.79. The molecule has 0 saturated carbocycles. The molecule has 98 valence electrons. The topological polar surface area (TPSA) is 98.8 Å². The largest absolute Gasteiger partial charge is 0.388 e. The summed E-state index contributed by atoms with van der Waals surface area (Å²) in [6, 6.07) is 6.88. The average Bonchev–Trinajstić information content (AvgIpc) is 2.71. The van der Waals surface area contributed by atoms with Crippen LogP contribution in [-0.2, 0) is 6.54 Å². The standard InChI is InChI=1S/C12H17N3O3/c13-5-8-1-3-9(4-2-8)14-12(18)15-6-10(16)11(17)7-15/h1-4,10-11,16-17H,5-7,13H2,(H,14,18). The molecule has 1 aromatic carbocycles. The quantitative estimate of drug-likeness (QED) is 0.580. The molecule has 1 aliphatic rings. The van der Waals surface area contributed by atoms with Crippen LogP contribution >= 0.6 is 0 Å². The second kappa shape index (κ2) is 5.34. The first-order chi connectivity index (χ1) is 8.60. The van der Waals surface area contributed by atoms with Crippen molar-refractivity contribution in [2.75, 3.05) is 18.4 Å². The van der Waals surface area contributed by atoms with Gasteiger partial charge in [-0.25, -0.2) is 4.79 Å². The summed E-state index contributed by atoms with van der Waals surface area (Å²) in [5.74, 6) is 0. The fourth-order valence-electron chi connectivity index (χ4n) is 1.86. The summed E-state index contributed by atoms with van der Waals surface area (Å²) in [5, 5.41) is 21.4. The van der Waals surface area contributed by atoms with Crippen LogP contribution in [0.4, 0.5) is 10.5 Å². The molecule has 1 aliphatic heterocycles. The zero-order chi connectivity index (χ0) is 13.1. The van der Waals surface area contributed by atoms with E-state index in [9.17, 15) is 15.0 Å². The number of hydrogen-bond acceptors (Lipinski definition) is 4. The molecule has 0 bridgehead atoms. The number of anilines is 1. The number of urea groups is 1. The smallest absolute Gasteiger partial charge is 0.322 e. The molecule has 2 rings (SSSR count). The number of carbonyl (C=O) groups excluding carboxylic acids is 1. The third-order valence-corrected chi connectivity index (χ3v) is 2.99. The molecule has 0 aliphatic carbocycles. The Morgan fingerprint density at radius 2 is 1.83 bits per heavy atom. The number of amides is 2. The fourth-order valence-corrected chi connectivity index (χ4v) is 1.86. The number of benzene rings is 1. The molecule has 0 spiro atoms. The normalized spacial score (nSPS) is 23.2. The van der Waals surface area contributed by atoms with Gasteiger partial charge in [0.25, 0.3) is 0 Å². The van der Waals surface area contributed by atoms with Crippen molar-refractivity contribution in [3.8, 4) is 0 Å². The van der Waals surface area contributed by atoms with E-state index in [2.05, 4.69) is 5.32 Å².